The van der Waals surface area contributed by atoms with E-state index < -0.39 is 23.2 Å². The monoisotopic (exact) mass is 686 g/mol. The Bertz CT molecular complexity index is 2060. The molecule has 2 fully saturated rings. The Morgan fingerprint density at radius 3 is 2.54 bits per heavy atom. The normalized spacial score (nSPS) is 17.6. The van der Waals surface area contributed by atoms with Crippen LogP contribution in [0.4, 0.5) is 28.4 Å². The average molecular weight is 687 g/mol. The van der Waals surface area contributed by atoms with Crippen molar-refractivity contribution in [2.24, 2.45) is 5.41 Å². The van der Waals surface area contributed by atoms with E-state index in [0.29, 0.717) is 35.9 Å². The smallest absolute Gasteiger partial charge is 0.379 e. The summed E-state index contributed by atoms with van der Waals surface area (Å²) < 4.78 is 62.6. The van der Waals surface area contributed by atoms with Crippen LogP contribution in [-0.4, -0.2) is 70.8 Å². The Hall–Kier alpha value is -3.74. The molecule has 8 nitrogen and oxygen atoms in total. The second kappa shape index (κ2) is 11.2. The van der Waals surface area contributed by atoms with Crippen LogP contribution in [0.5, 0.6) is 0 Å². The number of nitrogens with one attached hydrogen (secondary N) is 1. The molecule has 3 aliphatic heterocycles. The molecule has 2 aromatic heterocycles. The van der Waals surface area contributed by atoms with Gasteiger partial charge in [0.25, 0.3) is 0 Å². The van der Waals surface area contributed by atoms with Gasteiger partial charge in [0.2, 0.25) is 5.91 Å². The number of piperazine rings is 1. The van der Waals surface area contributed by atoms with Gasteiger partial charge in [-0.25, -0.2) is 9.18 Å². The number of aromatic nitrogens is 2. The third-order valence-electron chi connectivity index (χ3n) is 8.80. The van der Waals surface area contributed by atoms with Crippen molar-refractivity contribution >= 4 is 72.6 Å². The quantitative estimate of drug-likeness (QED) is 0.206. The fourth-order valence-corrected chi connectivity index (χ4v) is 10.4. The van der Waals surface area contributed by atoms with Crippen molar-refractivity contribution in [1.29, 1.82) is 5.26 Å². The Morgan fingerprint density at radius 2 is 1.93 bits per heavy atom. The third kappa shape index (κ3) is 4.75. The molecule has 7 rings (SSSR count). The number of alkyl halides is 3. The number of halogens is 4. The maximum atomic E-state index is 15.3. The summed E-state index contributed by atoms with van der Waals surface area (Å²) in [5.41, 5.74) is -1.52. The van der Waals surface area contributed by atoms with E-state index in [2.05, 4.69) is 22.9 Å². The third-order valence-corrected chi connectivity index (χ3v) is 13.1. The standard InChI is InChI=1S/C31H26F4N6O2S3/c1-3-21(42)39-6-8-40(9-7-39)27-17-10-19(31(33,34)35)23(16-4-5-20(32)25-22(16)18(11-36)28(37-2)46-25)26-24(17)41(29(43)38-27)12-30(15-45-26)13-44-14-30/h3-5,10,37H,1,6-9,12-15H2,2H3. The van der Waals surface area contributed by atoms with Crippen LogP contribution in [0.15, 0.2) is 40.5 Å². The summed E-state index contributed by atoms with van der Waals surface area (Å²) >= 11 is 3.96. The zero-order valence-corrected chi connectivity index (χ0v) is 26.9. The van der Waals surface area contributed by atoms with E-state index in [1.54, 1.807) is 28.6 Å². The lowest BCUT2D eigenvalue weighted by molar-refractivity contribution is -0.137. The summed E-state index contributed by atoms with van der Waals surface area (Å²) in [7, 11) is 1.57. The number of fused-ring (bicyclic) bond motifs is 1. The van der Waals surface area contributed by atoms with Crippen LogP contribution in [0, 0.1) is 22.6 Å². The number of nitrogens with zero attached hydrogens (tertiary/aromatic N) is 5. The van der Waals surface area contributed by atoms with Gasteiger partial charge in [-0.1, -0.05) is 12.6 Å². The molecule has 3 aliphatic rings. The molecule has 1 amide bonds. The van der Waals surface area contributed by atoms with Crippen molar-refractivity contribution in [3.05, 3.63) is 58.3 Å². The van der Waals surface area contributed by atoms with Crippen LogP contribution in [0.2, 0.25) is 0 Å². The van der Waals surface area contributed by atoms with E-state index in [-0.39, 0.29) is 67.3 Å². The van der Waals surface area contributed by atoms with Crippen molar-refractivity contribution < 1.29 is 22.4 Å². The Balaban J connectivity index is 1.56. The van der Waals surface area contributed by atoms with Crippen LogP contribution in [-0.2, 0) is 17.5 Å². The maximum Gasteiger partial charge on any atom is 0.417 e. The SMILES string of the molecule is C=CC(=O)N1CCN(c2nc(=O)n3c4c(c(-c5ccc(F)c6sc(NC)c(C#N)c56)c(C(F)(F)F)cc24)SCC2(CSC2)C3)CC1. The molecule has 0 radical (unpaired) electrons. The maximum absolute atomic E-state index is 15.3. The van der Waals surface area contributed by atoms with E-state index in [9.17, 15) is 14.9 Å². The second-order valence-corrected chi connectivity index (χ2v) is 14.6. The van der Waals surface area contributed by atoms with Gasteiger partial charge in [0.05, 0.1) is 21.3 Å². The molecule has 0 unspecified atom stereocenters. The second-order valence-electron chi connectivity index (χ2n) is 11.6. The van der Waals surface area contributed by atoms with Crippen molar-refractivity contribution in [3.8, 4) is 17.2 Å². The minimum absolute atomic E-state index is 0.0580. The Labute approximate surface area is 273 Å². The molecule has 4 aromatic rings. The number of benzene rings is 2. The van der Waals surface area contributed by atoms with Gasteiger partial charge in [0.1, 0.15) is 22.7 Å². The fourth-order valence-electron chi connectivity index (χ4n) is 6.51. The van der Waals surface area contributed by atoms with Gasteiger partial charge in [-0.3, -0.25) is 9.36 Å². The minimum atomic E-state index is -4.85. The highest BCUT2D eigenvalue weighted by atomic mass is 32.2. The number of hydrogen-bond donors (Lipinski definition) is 1. The lowest BCUT2D eigenvalue weighted by Crippen LogP contribution is -2.49. The van der Waals surface area contributed by atoms with Crippen molar-refractivity contribution in [3.63, 3.8) is 0 Å². The number of nitriles is 1. The molecule has 0 saturated carbocycles. The predicted molar refractivity (Wildman–Crippen MR) is 176 cm³/mol. The molecular weight excluding hydrogens is 661 g/mol. The topological polar surface area (TPSA) is 94.3 Å². The molecule has 5 heterocycles. The number of anilines is 2. The van der Waals surface area contributed by atoms with Gasteiger partial charge in [-0.2, -0.15) is 35.2 Å². The highest BCUT2D eigenvalue weighted by molar-refractivity contribution is 8.01. The van der Waals surface area contributed by atoms with Gasteiger partial charge < -0.3 is 15.1 Å². The van der Waals surface area contributed by atoms with Crippen molar-refractivity contribution in [2.45, 2.75) is 17.6 Å². The zero-order chi connectivity index (χ0) is 32.5. The number of rotatable bonds is 4. The first-order valence-electron chi connectivity index (χ1n) is 14.4. The largest absolute Gasteiger partial charge is 0.417 e. The summed E-state index contributed by atoms with van der Waals surface area (Å²) in [6.45, 7) is 4.95. The molecule has 238 valence electrons. The Morgan fingerprint density at radius 1 is 1.20 bits per heavy atom. The van der Waals surface area contributed by atoms with Gasteiger partial charge >= 0.3 is 11.9 Å². The molecule has 2 saturated heterocycles. The van der Waals surface area contributed by atoms with Gasteiger partial charge in [0, 0.05) is 83.7 Å². The summed E-state index contributed by atoms with van der Waals surface area (Å²) in [6, 6.07) is 5.56. The van der Waals surface area contributed by atoms with Gasteiger partial charge in [0.15, 0.2) is 0 Å². The number of thiophene rings is 1. The molecule has 0 aliphatic carbocycles. The molecule has 0 atom stereocenters. The lowest BCUT2D eigenvalue weighted by Gasteiger charge is -2.40. The van der Waals surface area contributed by atoms with Crippen LogP contribution >= 0.6 is 34.9 Å². The van der Waals surface area contributed by atoms with E-state index >= 15 is 17.6 Å². The van der Waals surface area contributed by atoms with E-state index in [1.165, 1.54) is 28.5 Å². The molecule has 46 heavy (non-hydrogen) atoms. The summed E-state index contributed by atoms with van der Waals surface area (Å²) in [4.78, 5) is 34.0. The minimum Gasteiger partial charge on any atom is -0.379 e. The fraction of sp³-hybridized carbons (Fsp3) is 0.355. The number of thioether (sulfide) groups is 2. The number of amides is 1. The number of carbonyl (C=O) groups is 1. The Kier molecular flexibility index (Phi) is 7.52. The summed E-state index contributed by atoms with van der Waals surface area (Å²) in [6.07, 6.45) is -3.63. The first-order chi connectivity index (χ1) is 22.0. The average Bonchev–Trinajstić information content (AvgIpc) is 3.31. The predicted octanol–water partition coefficient (Wildman–Crippen LogP) is 6.02. The van der Waals surface area contributed by atoms with Crippen molar-refractivity contribution in [1.82, 2.24) is 14.5 Å². The van der Waals surface area contributed by atoms with Gasteiger partial charge in [-0.15, -0.1) is 23.1 Å². The van der Waals surface area contributed by atoms with Crippen LogP contribution < -0.4 is 15.9 Å². The van der Waals surface area contributed by atoms with E-state index in [1.807, 2.05) is 0 Å². The first kappa shape index (κ1) is 30.9. The number of hydrogen-bond acceptors (Lipinski definition) is 9. The molecule has 15 heteroatoms. The highest BCUT2D eigenvalue weighted by Gasteiger charge is 2.44. The zero-order valence-electron chi connectivity index (χ0n) is 24.5. The van der Waals surface area contributed by atoms with Crippen LogP contribution in [0.1, 0.15) is 11.1 Å². The van der Waals surface area contributed by atoms with Gasteiger partial charge in [-0.05, 0) is 23.8 Å². The summed E-state index contributed by atoms with van der Waals surface area (Å²) in [5.74, 6) is 1.22. The molecule has 1 spiro atoms. The lowest BCUT2D eigenvalue weighted by atomic mass is 9.92. The molecule has 0 bridgehead atoms. The first-order valence-corrected chi connectivity index (χ1v) is 17.3. The van der Waals surface area contributed by atoms with Crippen LogP contribution in [0.3, 0.4) is 0 Å². The molecular formula is C31H26F4N6O2S3. The van der Waals surface area contributed by atoms with Crippen LogP contribution in [0.25, 0.3) is 32.1 Å². The molecule has 1 N–H and O–H groups in total. The van der Waals surface area contributed by atoms with E-state index in [0.717, 1.165) is 35.0 Å². The van der Waals surface area contributed by atoms with Crippen molar-refractivity contribution in [2.75, 3.05) is 60.7 Å². The number of carbonyl (C=O) groups excluding carboxylic acids is 1. The van der Waals surface area contributed by atoms with E-state index in [4.69, 9.17) is 0 Å². The summed E-state index contributed by atoms with van der Waals surface area (Å²) in [5, 5.41) is 13.6. The highest BCUT2D eigenvalue weighted by Crippen LogP contribution is 2.54. The molecule has 2 aromatic carbocycles.